The van der Waals surface area contributed by atoms with Crippen LogP contribution >= 0.6 is 0 Å². The van der Waals surface area contributed by atoms with Crippen LogP contribution in [-0.4, -0.2) is 50.9 Å². The average Bonchev–Trinajstić information content (AvgIpc) is 3.32. The number of halogens is 3. The van der Waals surface area contributed by atoms with E-state index in [4.69, 9.17) is 10.5 Å². The number of amides is 2. The van der Waals surface area contributed by atoms with Crippen LogP contribution in [0, 0.1) is 0 Å². The highest BCUT2D eigenvalue weighted by molar-refractivity contribution is 5.90. The van der Waals surface area contributed by atoms with Gasteiger partial charge in [-0.1, -0.05) is 23.9 Å². The van der Waals surface area contributed by atoms with Crippen LogP contribution in [0.1, 0.15) is 27.7 Å². The molecule has 0 spiro atoms. The molecule has 2 heterocycles. The smallest absolute Gasteiger partial charge is 0.369 e. The van der Waals surface area contributed by atoms with Crippen LogP contribution in [-0.2, 0) is 22.3 Å². The van der Waals surface area contributed by atoms with Gasteiger partial charge in [0.15, 0.2) is 5.69 Å². The van der Waals surface area contributed by atoms with Crippen molar-refractivity contribution >= 4 is 11.8 Å². The van der Waals surface area contributed by atoms with Gasteiger partial charge in [0.2, 0.25) is 5.91 Å². The Balaban J connectivity index is 1.74. The van der Waals surface area contributed by atoms with Crippen molar-refractivity contribution in [2.45, 2.75) is 24.9 Å². The lowest BCUT2D eigenvalue weighted by molar-refractivity contribution is -0.137. The Morgan fingerprint density at radius 2 is 1.97 bits per heavy atom. The summed E-state index contributed by atoms with van der Waals surface area (Å²) in [4.78, 5) is 24.7. The largest absolute Gasteiger partial charge is 0.416 e. The summed E-state index contributed by atoms with van der Waals surface area (Å²) in [6.07, 6.45) is -2.40. The summed E-state index contributed by atoms with van der Waals surface area (Å²) in [5.74, 6) is -1.04. The van der Waals surface area contributed by atoms with E-state index in [0.29, 0.717) is 5.56 Å². The molecule has 1 aromatic heterocycles. The summed E-state index contributed by atoms with van der Waals surface area (Å²) in [6.45, 7) is 3.96. The third-order valence-corrected chi connectivity index (χ3v) is 4.57. The second kappa shape index (κ2) is 8.03. The fourth-order valence-electron chi connectivity index (χ4n) is 3.03. The Bertz CT molecular complexity index is 910. The van der Waals surface area contributed by atoms with Gasteiger partial charge in [0.05, 0.1) is 30.5 Å². The number of hydrogen-bond donors (Lipinski definition) is 1. The van der Waals surface area contributed by atoms with Crippen LogP contribution in [0.3, 0.4) is 0 Å². The highest BCUT2D eigenvalue weighted by Gasteiger charge is 2.37. The molecule has 1 fully saturated rings. The SMILES string of the molecule is C=CC(=O)N1CC(OCc2ccc(C(F)(F)F)cc2)C(n2cc(C(N)=O)nn2)C1. The molecule has 11 heteroatoms. The van der Waals surface area contributed by atoms with Gasteiger partial charge in [-0.05, 0) is 23.8 Å². The number of rotatable bonds is 6. The van der Waals surface area contributed by atoms with E-state index < -0.39 is 29.8 Å². The number of likely N-dealkylation sites (tertiary alicyclic amines) is 1. The topological polar surface area (TPSA) is 103 Å². The van der Waals surface area contributed by atoms with Gasteiger partial charge in [0.25, 0.3) is 5.91 Å². The molecule has 0 saturated carbocycles. The Morgan fingerprint density at radius 3 is 2.52 bits per heavy atom. The Kier molecular flexibility index (Phi) is 5.69. The van der Waals surface area contributed by atoms with Crippen LogP contribution in [0.5, 0.6) is 0 Å². The fourth-order valence-corrected chi connectivity index (χ4v) is 3.03. The lowest BCUT2D eigenvalue weighted by Crippen LogP contribution is -2.28. The van der Waals surface area contributed by atoms with Crippen molar-refractivity contribution < 1.29 is 27.5 Å². The van der Waals surface area contributed by atoms with Crippen molar-refractivity contribution in [3.05, 3.63) is 59.9 Å². The summed E-state index contributed by atoms with van der Waals surface area (Å²) >= 11 is 0. The highest BCUT2D eigenvalue weighted by Crippen LogP contribution is 2.30. The first kappa shape index (κ1) is 20.5. The fraction of sp³-hybridized carbons (Fsp3) is 0.333. The second-order valence-electron chi connectivity index (χ2n) is 6.51. The number of aromatic nitrogens is 3. The predicted octanol–water partition coefficient (Wildman–Crippen LogP) is 1.55. The third kappa shape index (κ3) is 4.62. The summed E-state index contributed by atoms with van der Waals surface area (Å²) in [6, 6.07) is 4.18. The minimum Gasteiger partial charge on any atom is -0.369 e. The van der Waals surface area contributed by atoms with E-state index in [9.17, 15) is 22.8 Å². The van der Waals surface area contributed by atoms with E-state index >= 15 is 0 Å². The van der Waals surface area contributed by atoms with E-state index in [-0.39, 0.29) is 31.3 Å². The normalized spacial score (nSPS) is 19.3. The molecule has 2 amide bonds. The van der Waals surface area contributed by atoms with Gasteiger partial charge in [-0.3, -0.25) is 9.59 Å². The maximum Gasteiger partial charge on any atom is 0.416 e. The van der Waals surface area contributed by atoms with Crippen molar-refractivity contribution in [3.63, 3.8) is 0 Å². The van der Waals surface area contributed by atoms with Gasteiger partial charge in [-0.25, -0.2) is 4.68 Å². The van der Waals surface area contributed by atoms with E-state index in [1.807, 2.05) is 0 Å². The number of nitrogens with two attached hydrogens (primary N) is 1. The van der Waals surface area contributed by atoms with Crippen molar-refractivity contribution in [1.82, 2.24) is 19.9 Å². The monoisotopic (exact) mass is 409 g/mol. The standard InChI is InChI=1S/C18H18F3N5O3/c1-2-16(27)25-8-14(26-7-13(17(22)28)23-24-26)15(9-25)29-10-11-3-5-12(6-4-11)18(19,20)21/h2-7,14-15H,1,8-10H2,(H2,22,28). The number of hydrogen-bond acceptors (Lipinski definition) is 5. The molecule has 1 aliphatic heterocycles. The first-order chi connectivity index (χ1) is 13.7. The van der Waals surface area contributed by atoms with Crippen LogP contribution in [0.4, 0.5) is 13.2 Å². The molecule has 2 unspecified atom stereocenters. The van der Waals surface area contributed by atoms with Crippen LogP contribution < -0.4 is 5.73 Å². The lowest BCUT2D eigenvalue weighted by Gasteiger charge is -2.18. The zero-order chi connectivity index (χ0) is 21.2. The van der Waals surface area contributed by atoms with Crippen LogP contribution in [0.25, 0.3) is 0 Å². The summed E-state index contributed by atoms with van der Waals surface area (Å²) < 4.78 is 45.3. The number of ether oxygens (including phenoxy) is 1. The van der Waals surface area contributed by atoms with Gasteiger partial charge in [-0.15, -0.1) is 5.10 Å². The zero-order valence-electron chi connectivity index (χ0n) is 15.2. The van der Waals surface area contributed by atoms with Gasteiger partial charge >= 0.3 is 6.18 Å². The Hall–Kier alpha value is -3.21. The van der Waals surface area contributed by atoms with Crippen LogP contribution in [0.15, 0.2) is 43.1 Å². The molecule has 0 aliphatic carbocycles. The molecule has 2 N–H and O–H groups in total. The molecule has 2 atom stereocenters. The van der Waals surface area contributed by atoms with E-state index in [1.54, 1.807) is 0 Å². The molecule has 154 valence electrons. The molecule has 0 bridgehead atoms. The van der Waals surface area contributed by atoms with Crippen molar-refractivity contribution in [3.8, 4) is 0 Å². The summed E-state index contributed by atoms with van der Waals surface area (Å²) in [5.41, 5.74) is 4.96. The Morgan fingerprint density at radius 1 is 1.28 bits per heavy atom. The molecule has 29 heavy (non-hydrogen) atoms. The van der Waals surface area contributed by atoms with Crippen molar-refractivity contribution in [1.29, 1.82) is 0 Å². The zero-order valence-corrected chi connectivity index (χ0v) is 15.2. The molecule has 1 saturated heterocycles. The molecule has 8 nitrogen and oxygen atoms in total. The molecule has 0 radical (unpaired) electrons. The average molecular weight is 409 g/mol. The van der Waals surface area contributed by atoms with Crippen LogP contribution in [0.2, 0.25) is 0 Å². The maximum absolute atomic E-state index is 12.7. The quantitative estimate of drug-likeness (QED) is 0.730. The molecule has 2 aromatic rings. The first-order valence-electron chi connectivity index (χ1n) is 8.59. The molecule has 3 rings (SSSR count). The molecular weight excluding hydrogens is 391 g/mol. The van der Waals surface area contributed by atoms with E-state index in [2.05, 4.69) is 16.9 Å². The molecule has 1 aromatic carbocycles. The summed E-state index contributed by atoms with van der Waals surface area (Å²) in [5, 5.41) is 7.57. The minimum atomic E-state index is -4.41. The predicted molar refractivity (Wildman–Crippen MR) is 94.4 cm³/mol. The van der Waals surface area contributed by atoms with E-state index in [1.165, 1.54) is 34.0 Å². The van der Waals surface area contributed by atoms with Crippen molar-refractivity contribution in [2.75, 3.05) is 13.1 Å². The number of primary amides is 1. The lowest BCUT2D eigenvalue weighted by atomic mass is 10.1. The number of alkyl halides is 3. The second-order valence-corrected chi connectivity index (χ2v) is 6.51. The molecule has 1 aliphatic rings. The Labute approximate surface area is 163 Å². The number of benzene rings is 1. The van der Waals surface area contributed by atoms with E-state index in [0.717, 1.165) is 12.1 Å². The third-order valence-electron chi connectivity index (χ3n) is 4.57. The minimum absolute atomic E-state index is 0.0278. The van der Waals surface area contributed by atoms with Gasteiger partial charge < -0.3 is 15.4 Å². The first-order valence-corrected chi connectivity index (χ1v) is 8.59. The maximum atomic E-state index is 12.7. The van der Waals surface area contributed by atoms with Gasteiger partial charge in [-0.2, -0.15) is 13.2 Å². The highest BCUT2D eigenvalue weighted by atomic mass is 19.4. The summed E-state index contributed by atoms with van der Waals surface area (Å²) in [7, 11) is 0. The number of carbonyl (C=O) groups is 2. The number of carbonyl (C=O) groups excluding carboxylic acids is 2. The molecular formula is C18H18F3N5O3. The number of nitrogens with zero attached hydrogens (tertiary/aromatic N) is 4. The van der Waals surface area contributed by atoms with Gasteiger partial charge in [0, 0.05) is 13.1 Å². The van der Waals surface area contributed by atoms with Gasteiger partial charge in [0.1, 0.15) is 0 Å². The van der Waals surface area contributed by atoms with Crippen molar-refractivity contribution in [2.24, 2.45) is 5.73 Å².